The maximum Gasteiger partial charge on any atom is 0.356 e. The normalized spacial score (nSPS) is 10.1. The number of carbonyl (C=O) groups excluding carboxylic acids is 2. The monoisotopic (exact) mass is 303 g/mol. The van der Waals surface area contributed by atoms with Crippen LogP contribution in [-0.4, -0.2) is 35.8 Å². The van der Waals surface area contributed by atoms with Crippen LogP contribution in [0, 0.1) is 0 Å². The summed E-state index contributed by atoms with van der Waals surface area (Å²) in [5, 5.41) is 9.87. The van der Waals surface area contributed by atoms with Crippen molar-refractivity contribution < 1.29 is 24.2 Å². The van der Waals surface area contributed by atoms with E-state index in [2.05, 4.69) is 9.47 Å². The van der Waals surface area contributed by atoms with Gasteiger partial charge in [0, 0.05) is 11.8 Å². The smallest absolute Gasteiger partial charge is 0.356 e. The molecule has 0 spiro atoms. The number of ether oxygens (including phenoxy) is 2. The number of para-hydroxylation sites is 1. The van der Waals surface area contributed by atoms with E-state index in [1.165, 1.54) is 0 Å². The number of pyridine rings is 1. The number of nitrogens with zero attached hydrogens (tertiary/aromatic N) is 1. The van der Waals surface area contributed by atoms with E-state index in [0.29, 0.717) is 5.69 Å². The van der Waals surface area contributed by atoms with Crippen LogP contribution in [0.1, 0.15) is 20.8 Å². The van der Waals surface area contributed by atoms with Crippen LogP contribution < -0.4 is 5.56 Å². The van der Waals surface area contributed by atoms with Gasteiger partial charge in [-0.15, -0.1) is 0 Å². The van der Waals surface area contributed by atoms with E-state index in [4.69, 9.17) is 0 Å². The van der Waals surface area contributed by atoms with E-state index in [-0.39, 0.29) is 0 Å². The van der Waals surface area contributed by atoms with Crippen molar-refractivity contribution in [2.75, 3.05) is 14.2 Å². The first-order valence-corrected chi connectivity index (χ1v) is 6.22. The molecule has 114 valence electrons. The topological polar surface area (TPSA) is 94.8 Å². The number of aromatic nitrogens is 1. The molecule has 0 fully saturated rings. The van der Waals surface area contributed by atoms with Gasteiger partial charge in [-0.05, 0) is 12.1 Å². The van der Waals surface area contributed by atoms with Crippen LogP contribution in [0.3, 0.4) is 0 Å². The fourth-order valence-corrected chi connectivity index (χ4v) is 2.02. The molecule has 0 atom stereocenters. The van der Waals surface area contributed by atoms with Crippen LogP contribution >= 0.6 is 0 Å². The Bertz CT molecular complexity index is 779. The highest BCUT2D eigenvalue weighted by Gasteiger charge is 2.28. The minimum Gasteiger partial charge on any atom is -0.507 e. The lowest BCUT2D eigenvalue weighted by Crippen LogP contribution is -2.28. The molecule has 0 saturated carbocycles. The van der Waals surface area contributed by atoms with Gasteiger partial charge in [0.15, 0.2) is 5.69 Å². The van der Waals surface area contributed by atoms with Gasteiger partial charge in [0.1, 0.15) is 11.3 Å². The van der Waals surface area contributed by atoms with E-state index in [9.17, 15) is 19.5 Å². The number of methoxy groups -OCH3 is 2. The van der Waals surface area contributed by atoms with Gasteiger partial charge < -0.3 is 14.6 Å². The summed E-state index contributed by atoms with van der Waals surface area (Å²) < 4.78 is 10.2. The summed E-state index contributed by atoms with van der Waals surface area (Å²) in [6.45, 7) is 0. The molecule has 1 aromatic heterocycles. The van der Waals surface area contributed by atoms with Crippen molar-refractivity contribution in [2.24, 2.45) is 0 Å². The molecule has 1 aromatic carbocycles. The number of aromatic hydroxyl groups is 1. The molecule has 7 nitrogen and oxygen atoms in total. The van der Waals surface area contributed by atoms with Crippen molar-refractivity contribution in [1.29, 1.82) is 0 Å². The Morgan fingerprint density at radius 2 is 1.64 bits per heavy atom. The van der Waals surface area contributed by atoms with Gasteiger partial charge in [0.2, 0.25) is 0 Å². The summed E-state index contributed by atoms with van der Waals surface area (Å²) in [7, 11) is 2.20. The SMILES string of the molecule is COC(=O)c1c(O)cc(=O)n(-c2ccccc2)c1C(=O)OC. The Morgan fingerprint density at radius 1 is 1.05 bits per heavy atom. The third kappa shape index (κ3) is 2.56. The predicted molar refractivity (Wildman–Crippen MR) is 76.4 cm³/mol. The third-order valence-electron chi connectivity index (χ3n) is 2.98. The van der Waals surface area contributed by atoms with Gasteiger partial charge in [0.25, 0.3) is 5.56 Å². The summed E-state index contributed by atoms with van der Waals surface area (Å²) >= 11 is 0. The molecule has 0 radical (unpaired) electrons. The standard InChI is InChI=1S/C15H13NO6/c1-21-14(19)12-10(17)8-11(18)16(13(12)15(20)22-2)9-6-4-3-5-7-9/h3-8,17H,1-2H3. The number of esters is 2. The first kappa shape index (κ1) is 15.3. The summed E-state index contributed by atoms with van der Waals surface area (Å²) in [5.74, 6) is -2.55. The van der Waals surface area contributed by atoms with Crippen molar-refractivity contribution >= 4 is 11.9 Å². The van der Waals surface area contributed by atoms with Gasteiger partial charge in [-0.2, -0.15) is 0 Å². The van der Waals surface area contributed by atoms with Gasteiger partial charge in [-0.3, -0.25) is 9.36 Å². The molecule has 0 aliphatic rings. The molecule has 2 aromatic rings. The highest BCUT2D eigenvalue weighted by atomic mass is 16.5. The summed E-state index contributed by atoms with van der Waals surface area (Å²) in [6, 6.07) is 9.04. The van der Waals surface area contributed by atoms with Crippen molar-refractivity contribution in [1.82, 2.24) is 4.57 Å². The fourth-order valence-electron chi connectivity index (χ4n) is 2.02. The molecule has 22 heavy (non-hydrogen) atoms. The van der Waals surface area contributed by atoms with Gasteiger partial charge >= 0.3 is 11.9 Å². The molecule has 0 saturated heterocycles. The van der Waals surface area contributed by atoms with E-state index in [1.807, 2.05) is 0 Å². The molecule has 1 heterocycles. The second kappa shape index (κ2) is 6.13. The lowest BCUT2D eigenvalue weighted by molar-refractivity contribution is 0.0543. The maximum absolute atomic E-state index is 12.2. The molecule has 0 bridgehead atoms. The van der Waals surface area contributed by atoms with Crippen LogP contribution in [0.2, 0.25) is 0 Å². The lowest BCUT2D eigenvalue weighted by atomic mass is 10.1. The quantitative estimate of drug-likeness (QED) is 0.854. The van der Waals surface area contributed by atoms with E-state index >= 15 is 0 Å². The van der Waals surface area contributed by atoms with Crippen LogP contribution in [0.5, 0.6) is 5.75 Å². The fraction of sp³-hybridized carbons (Fsp3) is 0.133. The zero-order chi connectivity index (χ0) is 16.3. The molecular weight excluding hydrogens is 290 g/mol. The second-order valence-corrected chi connectivity index (χ2v) is 4.25. The lowest BCUT2D eigenvalue weighted by Gasteiger charge is -2.15. The van der Waals surface area contributed by atoms with Gasteiger partial charge in [-0.1, -0.05) is 18.2 Å². The van der Waals surface area contributed by atoms with Crippen molar-refractivity contribution in [3.05, 3.63) is 58.0 Å². The Balaban J connectivity index is 2.91. The van der Waals surface area contributed by atoms with Crippen LogP contribution in [-0.2, 0) is 9.47 Å². The molecule has 2 rings (SSSR count). The molecule has 7 heteroatoms. The number of hydrogen-bond acceptors (Lipinski definition) is 6. The van der Waals surface area contributed by atoms with Gasteiger partial charge in [0.05, 0.1) is 14.2 Å². The average Bonchev–Trinajstić information content (AvgIpc) is 2.53. The highest BCUT2D eigenvalue weighted by Crippen LogP contribution is 2.23. The van der Waals surface area contributed by atoms with Crippen molar-refractivity contribution in [2.45, 2.75) is 0 Å². The number of rotatable bonds is 3. The first-order chi connectivity index (χ1) is 10.5. The molecule has 1 N–H and O–H groups in total. The number of benzene rings is 1. The maximum atomic E-state index is 12.2. The Kier molecular flexibility index (Phi) is 4.26. The van der Waals surface area contributed by atoms with Crippen LogP contribution in [0.4, 0.5) is 0 Å². The van der Waals surface area contributed by atoms with E-state index in [0.717, 1.165) is 24.9 Å². The van der Waals surface area contributed by atoms with Crippen molar-refractivity contribution in [3.8, 4) is 11.4 Å². The first-order valence-electron chi connectivity index (χ1n) is 6.22. The Hall–Kier alpha value is -3.09. The summed E-state index contributed by atoms with van der Waals surface area (Å²) in [4.78, 5) is 36.1. The van der Waals surface area contributed by atoms with E-state index in [1.54, 1.807) is 30.3 Å². The van der Waals surface area contributed by atoms with Crippen LogP contribution in [0.15, 0.2) is 41.2 Å². The van der Waals surface area contributed by atoms with Gasteiger partial charge in [-0.25, -0.2) is 9.59 Å². The second-order valence-electron chi connectivity index (χ2n) is 4.25. The predicted octanol–water partition coefficient (Wildman–Crippen LogP) is 1.12. The minimum absolute atomic E-state index is 0.345. The molecule has 0 unspecified atom stereocenters. The third-order valence-corrected chi connectivity index (χ3v) is 2.98. The average molecular weight is 303 g/mol. The summed E-state index contributed by atoms with van der Waals surface area (Å²) in [5.41, 5.74) is -1.17. The van der Waals surface area contributed by atoms with Crippen LogP contribution in [0.25, 0.3) is 5.69 Å². The molecule has 0 amide bonds. The van der Waals surface area contributed by atoms with E-state index < -0.39 is 34.5 Å². The largest absolute Gasteiger partial charge is 0.507 e. The zero-order valence-electron chi connectivity index (χ0n) is 11.9. The highest BCUT2D eigenvalue weighted by molar-refractivity contribution is 6.04. The minimum atomic E-state index is -0.956. The molecule has 0 aliphatic carbocycles. The Morgan fingerprint density at radius 3 is 2.18 bits per heavy atom. The summed E-state index contributed by atoms with van der Waals surface area (Å²) in [6.07, 6.45) is 0. The zero-order valence-corrected chi connectivity index (χ0v) is 11.9. The number of carbonyl (C=O) groups is 2. The number of hydrogen-bond donors (Lipinski definition) is 1. The Labute approximate surface area is 125 Å². The van der Waals surface area contributed by atoms with Crippen molar-refractivity contribution in [3.63, 3.8) is 0 Å². The molecule has 0 aliphatic heterocycles. The molecular formula is C15H13NO6.